The smallest absolute Gasteiger partial charge is 0.410 e. The molecule has 1 amide bonds. The standard InChI is InChI=1S/C31H35N3O6S/c1-31(2,3)40-30(36)34-18-14-24(15-19-34)23-9-6-22(7-10-23)8-11-25-20-26(29(35)39-5)12-13-28(25)41(37,38)21-27-16-17-33(4)32-27/h6-7,9-10,12-13,16-17,20,24H,14-15,18-19,21H2,1-5H3. The van der Waals surface area contributed by atoms with Crippen LogP contribution in [0.25, 0.3) is 0 Å². The van der Waals surface area contributed by atoms with Crippen LogP contribution in [0.15, 0.2) is 59.6 Å². The molecule has 0 unspecified atom stereocenters. The summed E-state index contributed by atoms with van der Waals surface area (Å²) in [6.45, 7) is 6.85. The molecule has 1 aliphatic rings. The summed E-state index contributed by atoms with van der Waals surface area (Å²) in [6.07, 6.45) is 3.07. The molecule has 1 fully saturated rings. The number of carbonyl (C=O) groups excluding carboxylic acids is 2. The van der Waals surface area contributed by atoms with Crippen molar-refractivity contribution in [3.63, 3.8) is 0 Å². The molecule has 9 nitrogen and oxygen atoms in total. The van der Waals surface area contributed by atoms with Crippen LogP contribution in [0.4, 0.5) is 4.79 Å². The number of hydrogen-bond acceptors (Lipinski definition) is 7. The third-order valence-corrected chi connectivity index (χ3v) is 8.41. The minimum atomic E-state index is -3.79. The molecule has 0 saturated carbocycles. The van der Waals surface area contributed by atoms with Crippen molar-refractivity contribution in [2.45, 2.75) is 55.8 Å². The Morgan fingerprint density at radius 2 is 1.71 bits per heavy atom. The van der Waals surface area contributed by atoms with E-state index in [4.69, 9.17) is 9.47 Å². The van der Waals surface area contributed by atoms with E-state index < -0.39 is 21.4 Å². The third kappa shape index (κ3) is 7.76. The van der Waals surface area contributed by atoms with Crippen molar-refractivity contribution in [1.82, 2.24) is 14.7 Å². The van der Waals surface area contributed by atoms with E-state index in [1.54, 1.807) is 28.9 Å². The maximum atomic E-state index is 13.3. The Kier molecular flexibility index (Phi) is 8.88. The van der Waals surface area contributed by atoms with E-state index in [2.05, 4.69) is 16.9 Å². The minimum Gasteiger partial charge on any atom is -0.465 e. The molecule has 0 N–H and O–H groups in total. The highest BCUT2D eigenvalue weighted by atomic mass is 32.2. The summed E-state index contributed by atoms with van der Waals surface area (Å²) >= 11 is 0. The average Bonchev–Trinajstić information content (AvgIpc) is 3.34. The molecule has 0 bridgehead atoms. The number of methoxy groups -OCH3 is 1. The fraction of sp³-hybridized carbons (Fsp3) is 0.387. The quantitative estimate of drug-likeness (QED) is 0.320. The second-order valence-electron chi connectivity index (χ2n) is 11.1. The lowest BCUT2D eigenvalue weighted by Gasteiger charge is -2.33. The van der Waals surface area contributed by atoms with Crippen molar-refractivity contribution in [3.8, 4) is 11.8 Å². The summed E-state index contributed by atoms with van der Waals surface area (Å²) in [6, 6.07) is 13.7. The van der Waals surface area contributed by atoms with Gasteiger partial charge in [-0.15, -0.1) is 0 Å². The number of ether oxygens (including phenoxy) is 2. The van der Waals surface area contributed by atoms with Gasteiger partial charge in [0.25, 0.3) is 0 Å². The highest BCUT2D eigenvalue weighted by Gasteiger charge is 2.27. The van der Waals surface area contributed by atoms with Crippen LogP contribution in [0.1, 0.15) is 72.3 Å². The molecule has 1 aliphatic heterocycles. The first-order chi connectivity index (χ1) is 19.3. The summed E-state index contributed by atoms with van der Waals surface area (Å²) in [7, 11) is -0.809. The summed E-state index contributed by atoms with van der Waals surface area (Å²) < 4.78 is 38.4. The fourth-order valence-electron chi connectivity index (χ4n) is 4.66. The van der Waals surface area contributed by atoms with E-state index in [1.165, 1.54) is 25.3 Å². The zero-order valence-electron chi connectivity index (χ0n) is 24.0. The number of carbonyl (C=O) groups is 2. The Morgan fingerprint density at radius 1 is 1.02 bits per heavy atom. The Balaban J connectivity index is 1.52. The second-order valence-corrected chi connectivity index (χ2v) is 13.0. The van der Waals surface area contributed by atoms with Gasteiger partial charge in [-0.2, -0.15) is 5.10 Å². The molecule has 216 valence electrons. The molecule has 1 aromatic heterocycles. The molecule has 2 aromatic carbocycles. The number of hydrogen-bond donors (Lipinski definition) is 0. The molecule has 2 heterocycles. The normalized spacial score (nSPS) is 14.2. The number of amides is 1. The third-order valence-electron chi connectivity index (χ3n) is 6.71. The highest BCUT2D eigenvalue weighted by Crippen LogP contribution is 2.29. The fourth-order valence-corrected chi connectivity index (χ4v) is 6.08. The molecule has 0 spiro atoms. The molecule has 4 rings (SSSR count). The van der Waals surface area contributed by atoms with E-state index in [0.29, 0.717) is 30.3 Å². The molecule has 0 atom stereocenters. The summed E-state index contributed by atoms with van der Waals surface area (Å²) in [5.74, 6) is 5.45. The van der Waals surface area contributed by atoms with Gasteiger partial charge < -0.3 is 14.4 Å². The largest absolute Gasteiger partial charge is 0.465 e. The van der Waals surface area contributed by atoms with E-state index in [1.807, 2.05) is 45.0 Å². The Bertz CT molecular complexity index is 1580. The predicted molar refractivity (Wildman–Crippen MR) is 154 cm³/mol. The van der Waals surface area contributed by atoms with Crippen molar-refractivity contribution in [2.75, 3.05) is 20.2 Å². The molecule has 0 aliphatic carbocycles. The van der Waals surface area contributed by atoms with Gasteiger partial charge >= 0.3 is 12.1 Å². The highest BCUT2D eigenvalue weighted by molar-refractivity contribution is 7.90. The van der Waals surface area contributed by atoms with Gasteiger partial charge in [0, 0.05) is 37.5 Å². The number of piperidine rings is 1. The van der Waals surface area contributed by atoms with Crippen LogP contribution < -0.4 is 0 Å². The van der Waals surface area contributed by atoms with E-state index in [9.17, 15) is 18.0 Å². The van der Waals surface area contributed by atoms with Crippen LogP contribution in [0, 0.1) is 11.8 Å². The summed E-state index contributed by atoms with van der Waals surface area (Å²) in [5.41, 5.74) is 2.18. The number of likely N-dealkylation sites (tertiary alicyclic amines) is 1. The number of esters is 1. The van der Waals surface area contributed by atoms with Crippen molar-refractivity contribution in [2.24, 2.45) is 7.05 Å². The first kappa shape index (κ1) is 29.9. The minimum absolute atomic E-state index is 0.0247. The molecular formula is C31H35N3O6S. The van der Waals surface area contributed by atoms with Crippen LogP contribution in [-0.2, 0) is 32.1 Å². The second kappa shape index (κ2) is 12.2. The van der Waals surface area contributed by atoms with Crippen LogP contribution in [0.2, 0.25) is 0 Å². The predicted octanol–water partition coefficient (Wildman–Crippen LogP) is 4.69. The van der Waals surface area contributed by atoms with Gasteiger partial charge in [-0.1, -0.05) is 24.0 Å². The SMILES string of the molecule is COC(=O)c1ccc(S(=O)(=O)Cc2ccn(C)n2)c(C#Cc2ccc(C3CCN(C(=O)OC(C)(C)C)CC3)cc2)c1. The maximum Gasteiger partial charge on any atom is 0.410 e. The van der Waals surface area contributed by atoms with Gasteiger partial charge in [0.2, 0.25) is 0 Å². The number of aromatic nitrogens is 2. The van der Waals surface area contributed by atoms with Gasteiger partial charge in [-0.05, 0) is 81.5 Å². The molecule has 10 heteroatoms. The summed E-state index contributed by atoms with van der Waals surface area (Å²) in [5, 5.41) is 4.18. The molecule has 0 radical (unpaired) electrons. The Hall–Kier alpha value is -4.10. The number of sulfone groups is 1. The molecule has 41 heavy (non-hydrogen) atoms. The van der Waals surface area contributed by atoms with Crippen molar-refractivity contribution in [1.29, 1.82) is 0 Å². The van der Waals surface area contributed by atoms with E-state index in [-0.39, 0.29) is 27.9 Å². The van der Waals surface area contributed by atoms with Crippen LogP contribution in [0.5, 0.6) is 0 Å². The number of aryl methyl sites for hydroxylation is 1. The average molecular weight is 578 g/mol. The van der Waals surface area contributed by atoms with Crippen molar-refractivity contribution >= 4 is 21.9 Å². The monoisotopic (exact) mass is 577 g/mol. The van der Waals surface area contributed by atoms with Crippen molar-refractivity contribution in [3.05, 3.63) is 82.7 Å². The van der Waals surface area contributed by atoms with E-state index >= 15 is 0 Å². The first-order valence-electron chi connectivity index (χ1n) is 13.4. The van der Waals surface area contributed by atoms with Gasteiger partial charge in [0.05, 0.1) is 29.0 Å². The zero-order chi connectivity index (χ0) is 29.8. The topological polar surface area (TPSA) is 108 Å². The first-order valence-corrected chi connectivity index (χ1v) is 15.0. The number of benzene rings is 2. The number of nitrogens with zero attached hydrogens (tertiary/aromatic N) is 3. The molecule has 3 aromatic rings. The summed E-state index contributed by atoms with van der Waals surface area (Å²) in [4.78, 5) is 26.3. The lowest BCUT2D eigenvalue weighted by Crippen LogP contribution is -2.41. The van der Waals surface area contributed by atoms with Gasteiger partial charge in [-0.25, -0.2) is 18.0 Å². The zero-order valence-corrected chi connectivity index (χ0v) is 24.8. The van der Waals surface area contributed by atoms with E-state index in [0.717, 1.165) is 18.4 Å². The van der Waals surface area contributed by atoms with Gasteiger partial charge in [-0.3, -0.25) is 4.68 Å². The lowest BCUT2D eigenvalue weighted by atomic mass is 9.89. The molecule has 1 saturated heterocycles. The Labute approximate surface area is 241 Å². The number of rotatable bonds is 5. The van der Waals surface area contributed by atoms with Crippen LogP contribution in [0.3, 0.4) is 0 Å². The molecular weight excluding hydrogens is 542 g/mol. The van der Waals surface area contributed by atoms with Gasteiger partial charge in [0.1, 0.15) is 5.60 Å². The van der Waals surface area contributed by atoms with Crippen LogP contribution in [-0.4, -0.2) is 61.0 Å². The van der Waals surface area contributed by atoms with Crippen LogP contribution >= 0.6 is 0 Å². The Morgan fingerprint density at radius 3 is 2.29 bits per heavy atom. The lowest BCUT2D eigenvalue weighted by molar-refractivity contribution is 0.0204. The van der Waals surface area contributed by atoms with Crippen molar-refractivity contribution < 1.29 is 27.5 Å². The maximum absolute atomic E-state index is 13.3. The van der Waals surface area contributed by atoms with Gasteiger partial charge in [0.15, 0.2) is 9.84 Å².